The normalized spacial score (nSPS) is 12.6. The number of aliphatic carboxylic acids is 1. The maximum atomic E-state index is 12.0. The zero-order valence-electron chi connectivity index (χ0n) is 12.3. The molecule has 0 unspecified atom stereocenters. The minimum atomic E-state index is -1.02. The van der Waals surface area contributed by atoms with Crippen LogP contribution in [0.25, 0.3) is 11.0 Å². The maximum Gasteiger partial charge on any atom is 0.326 e. The lowest BCUT2D eigenvalue weighted by Gasteiger charge is -2.17. The van der Waals surface area contributed by atoms with Crippen LogP contribution in [0.15, 0.2) is 28.9 Å². The molecule has 112 valence electrons. The van der Waals surface area contributed by atoms with Crippen molar-refractivity contribution >= 4 is 22.8 Å². The molecule has 0 fully saturated rings. The molecule has 0 saturated carbocycles. The van der Waals surface area contributed by atoms with Crippen LogP contribution in [0.4, 0.5) is 0 Å². The first-order chi connectivity index (χ1) is 9.88. The Morgan fingerprint density at radius 3 is 2.67 bits per heavy atom. The van der Waals surface area contributed by atoms with Crippen LogP contribution < -0.4 is 5.32 Å². The molecule has 1 aromatic carbocycles. The first-order valence-corrected chi connectivity index (χ1v) is 6.87. The monoisotopic (exact) mass is 289 g/mol. The van der Waals surface area contributed by atoms with Gasteiger partial charge in [-0.05, 0) is 24.5 Å². The van der Waals surface area contributed by atoms with Crippen LogP contribution in [-0.2, 0) is 16.0 Å². The average molecular weight is 289 g/mol. The van der Waals surface area contributed by atoms with E-state index in [4.69, 9.17) is 9.52 Å². The molecule has 0 aliphatic rings. The maximum absolute atomic E-state index is 12.0. The van der Waals surface area contributed by atoms with Crippen molar-refractivity contribution in [2.24, 2.45) is 5.92 Å². The molecular formula is C16H19NO4. The second kappa shape index (κ2) is 5.99. The second-order valence-corrected chi connectivity index (χ2v) is 5.56. The zero-order chi connectivity index (χ0) is 15.6. The summed E-state index contributed by atoms with van der Waals surface area (Å²) in [6.07, 6.45) is 1.65. The number of carboxylic acid groups (broad SMARTS) is 1. The van der Waals surface area contributed by atoms with Gasteiger partial charge in [0.15, 0.2) is 0 Å². The largest absolute Gasteiger partial charge is 0.480 e. The Balaban J connectivity index is 2.13. The van der Waals surface area contributed by atoms with Crippen LogP contribution in [0.1, 0.15) is 25.0 Å². The molecule has 0 aliphatic heterocycles. The average Bonchev–Trinajstić information content (AvgIpc) is 2.77. The summed E-state index contributed by atoms with van der Waals surface area (Å²) in [6.45, 7) is 5.48. The van der Waals surface area contributed by atoms with Crippen molar-refractivity contribution in [1.82, 2.24) is 5.32 Å². The molecular weight excluding hydrogens is 270 g/mol. The third-order valence-corrected chi connectivity index (χ3v) is 3.41. The highest BCUT2D eigenvalue weighted by molar-refractivity contribution is 5.89. The van der Waals surface area contributed by atoms with Crippen LogP contribution in [0.2, 0.25) is 0 Å². The predicted octanol–water partition coefficient (Wildman–Crippen LogP) is 2.51. The number of hydrogen-bond donors (Lipinski definition) is 2. The Morgan fingerprint density at radius 1 is 1.33 bits per heavy atom. The lowest BCUT2D eigenvalue weighted by molar-refractivity contribution is -0.143. The topological polar surface area (TPSA) is 79.5 Å². The van der Waals surface area contributed by atoms with E-state index in [0.717, 1.165) is 22.1 Å². The van der Waals surface area contributed by atoms with Gasteiger partial charge in [-0.2, -0.15) is 0 Å². The van der Waals surface area contributed by atoms with Crippen LogP contribution in [0.5, 0.6) is 0 Å². The molecule has 2 rings (SSSR count). The molecule has 0 spiro atoms. The number of rotatable bonds is 5. The summed E-state index contributed by atoms with van der Waals surface area (Å²) < 4.78 is 5.43. The van der Waals surface area contributed by atoms with Gasteiger partial charge in [-0.15, -0.1) is 0 Å². The Hall–Kier alpha value is -2.30. The molecule has 21 heavy (non-hydrogen) atoms. The molecule has 0 aliphatic carbocycles. The summed E-state index contributed by atoms with van der Waals surface area (Å²) >= 11 is 0. The van der Waals surface area contributed by atoms with Crippen LogP contribution in [0.3, 0.4) is 0 Å². The zero-order valence-corrected chi connectivity index (χ0v) is 12.3. The fourth-order valence-corrected chi connectivity index (χ4v) is 2.24. The van der Waals surface area contributed by atoms with E-state index in [0.29, 0.717) is 0 Å². The minimum absolute atomic E-state index is 0.104. The summed E-state index contributed by atoms with van der Waals surface area (Å²) in [4.78, 5) is 23.1. The summed E-state index contributed by atoms with van der Waals surface area (Å²) in [5.74, 6) is -1.51. The van der Waals surface area contributed by atoms with E-state index in [1.807, 2.05) is 25.1 Å². The molecule has 2 N–H and O–H groups in total. The number of hydrogen-bond acceptors (Lipinski definition) is 3. The van der Waals surface area contributed by atoms with Crippen molar-refractivity contribution in [3.8, 4) is 0 Å². The SMILES string of the molecule is Cc1ccc2c(CC(=O)N[C@H](C(=O)O)C(C)C)coc2c1. The second-order valence-electron chi connectivity index (χ2n) is 5.56. The van der Waals surface area contributed by atoms with Crippen molar-refractivity contribution < 1.29 is 19.1 Å². The van der Waals surface area contributed by atoms with Gasteiger partial charge in [0.2, 0.25) is 5.91 Å². The molecule has 5 nitrogen and oxygen atoms in total. The number of furan rings is 1. The highest BCUT2D eigenvalue weighted by Crippen LogP contribution is 2.22. The number of carboxylic acids is 1. The minimum Gasteiger partial charge on any atom is -0.480 e. The van der Waals surface area contributed by atoms with Gasteiger partial charge >= 0.3 is 5.97 Å². The third-order valence-electron chi connectivity index (χ3n) is 3.41. The molecule has 1 atom stereocenters. The van der Waals surface area contributed by atoms with Crippen LogP contribution >= 0.6 is 0 Å². The van der Waals surface area contributed by atoms with Crippen molar-refractivity contribution in [3.63, 3.8) is 0 Å². The van der Waals surface area contributed by atoms with Crippen LogP contribution in [0, 0.1) is 12.8 Å². The fraction of sp³-hybridized carbons (Fsp3) is 0.375. The Kier molecular flexibility index (Phi) is 4.31. The predicted molar refractivity (Wildman–Crippen MR) is 79.1 cm³/mol. The van der Waals surface area contributed by atoms with E-state index >= 15 is 0 Å². The van der Waals surface area contributed by atoms with E-state index in [1.165, 1.54) is 0 Å². The lowest BCUT2D eigenvalue weighted by Crippen LogP contribution is -2.44. The number of aryl methyl sites for hydroxylation is 1. The molecule has 2 aromatic rings. The summed E-state index contributed by atoms with van der Waals surface area (Å²) in [5, 5.41) is 12.5. The first-order valence-electron chi connectivity index (χ1n) is 6.87. The number of nitrogens with one attached hydrogen (secondary N) is 1. The molecule has 1 amide bonds. The highest BCUT2D eigenvalue weighted by Gasteiger charge is 2.23. The summed E-state index contributed by atoms with van der Waals surface area (Å²) in [6, 6.07) is 4.89. The molecule has 0 saturated heterocycles. The van der Waals surface area contributed by atoms with E-state index < -0.39 is 12.0 Å². The van der Waals surface area contributed by atoms with Crippen molar-refractivity contribution in [1.29, 1.82) is 0 Å². The standard InChI is InChI=1S/C16H19NO4/c1-9(2)15(16(19)20)17-14(18)7-11-8-21-13-6-10(3)4-5-12(11)13/h4-6,8-9,15H,7H2,1-3H3,(H,17,18)(H,19,20)/t15-/m0/s1. The quantitative estimate of drug-likeness (QED) is 0.886. The Morgan fingerprint density at radius 2 is 2.05 bits per heavy atom. The summed E-state index contributed by atoms with van der Waals surface area (Å²) in [7, 11) is 0. The van der Waals surface area contributed by atoms with E-state index in [-0.39, 0.29) is 18.2 Å². The van der Waals surface area contributed by atoms with Gasteiger partial charge in [-0.1, -0.05) is 26.0 Å². The van der Waals surface area contributed by atoms with E-state index in [2.05, 4.69) is 5.32 Å². The molecule has 1 heterocycles. The number of fused-ring (bicyclic) bond motifs is 1. The third kappa shape index (κ3) is 3.42. The number of benzene rings is 1. The van der Waals surface area contributed by atoms with Crippen molar-refractivity contribution in [3.05, 3.63) is 35.6 Å². The Bertz CT molecular complexity index is 672. The van der Waals surface area contributed by atoms with Gasteiger partial charge < -0.3 is 14.8 Å². The van der Waals surface area contributed by atoms with Gasteiger partial charge in [0.25, 0.3) is 0 Å². The lowest BCUT2D eigenvalue weighted by atomic mass is 10.0. The van der Waals surface area contributed by atoms with Crippen molar-refractivity contribution in [2.45, 2.75) is 33.2 Å². The van der Waals surface area contributed by atoms with Crippen molar-refractivity contribution in [2.75, 3.05) is 0 Å². The fourth-order valence-electron chi connectivity index (χ4n) is 2.24. The van der Waals surface area contributed by atoms with Gasteiger partial charge in [-0.3, -0.25) is 4.79 Å². The Labute approximate surface area is 122 Å². The number of carbonyl (C=O) groups excluding carboxylic acids is 1. The molecule has 0 bridgehead atoms. The smallest absolute Gasteiger partial charge is 0.326 e. The molecule has 5 heteroatoms. The van der Waals surface area contributed by atoms with Gasteiger partial charge in [-0.25, -0.2) is 4.79 Å². The molecule has 0 radical (unpaired) electrons. The van der Waals surface area contributed by atoms with Crippen LogP contribution in [-0.4, -0.2) is 23.0 Å². The number of amides is 1. The van der Waals surface area contributed by atoms with Gasteiger partial charge in [0.05, 0.1) is 12.7 Å². The number of carbonyl (C=O) groups is 2. The highest BCUT2D eigenvalue weighted by atomic mass is 16.4. The first kappa shape index (κ1) is 15.1. The van der Waals surface area contributed by atoms with Gasteiger partial charge in [0, 0.05) is 10.9 Å². The van der Waals surface area contributed by atoms with Gasteiger partial charge in [0.1, 0.15) is 11.6 Å². The van der Waals surface area contributed by atoms with E-state index in [1.54, 1.807) is 20.1 Å². The molecule has 1 aromatic heterocycles. The summed E-state index contributed by atoms with van der Waals surface area (Å²) in [5.41, 5.74) is 2.57. The van der Waals surface area contributed by atoms with E-state index in [9.17, 15) is 9.59 Å².